The number of nitrogens with one attached hydrogen (secondary N) is 1. The average molecular weight is 235 g/mol. The normalized spacial score (nSPS) is 21.4. The third-order valence-corrected chi connectivity index (χ3v) is 4.08. The van der Waals surface area contributed by atoms with Crippen molar-refractivity contribution < 1.29 is 4.42 Å². The minimum absolute atomic E-state index is 0.322. The van der Waals surface area contributed by atoms with E-state index < -0.39 is 0 Å². The molecule has 1 fully saturated rings. The predicted molar refractivity (Wildman–Crippen MR) is 71.1 cm³/mol. The highest BCUT2D eigenvalue weighted by atomic mass is 16.3. The molecule has 0 spiro atoms. The summed E-state index contributed by atoms with van der Waals surface area (Å²) in [5.41, 5.74) is 0.494. The molecule has 1 unspecified atom stereocenters. The molecule has 1 aromatic heterocycles. The summed E-state index contributed by atoms with van der Waals surface area (Å²) < 4.78 is 5.66. The van der Waals surface area contributed by atoms with Crippen molar-refractivity contribution in [1.29, 1.82) is 0 Å². The molecule has 1 heterocycles. The third kappa shape index (κ3) is 3.35. The molecule has 2 heteroatoms. The lowest BCUT2D eigenvalue weighted by Gasteiger charge is -2.34. The monoisotopic (exact) mass is 235 g/mol. The van der Waals surface area contributed by atoms with E-state index in [4.69, 9.17) is 4.42 Å². The molecule has 2 rings (SSSR count). The first-order chi connectivity index (χ1) is 8.09. The van der Waals surface area contributed by atoms with E-state index >= 15 is 0 Å². The van der Waals surface area contributed by atoms with Crippen molar-refractivity contribution in [1.82, 2.24) is 5.32 Å². The van der Waals surface area contributed by atoms with Gasteiger partial charge in [0.25, 0.3) is 0 Å². The second-order valence-electron chi connectivity index (χ2n) is 5.92. The Kier molecular flexibility index (Phi) is 3.93. The predicted octanol–water partition coefficient (Wildman–Crippen LogP) is 4.21. The molecule has 1 atom stereocenters. The van der Waals surface area contributed by atoms with E-state index in [0.717, 1.165) is 18.1 Å². The van der Waals surface area contributed by atoms with Gasteiger partial charge in [0.1, 0.15) is 11.5 Å². The van der Waals surface area contributed by atoms with Crippen molar-refractivity contribution in [2.24, 2.45) is 5.41 Å². The SMILES string of the molecule is Cc1ccc(C(C)NCC2(C)CCCCC2)o1. The summed E-state index contributed by atoms with van der Waals surface area (Å²) in [6.45, 7) is 7.70. The van der Waals surface area contributed by atoms with Crippen LogP contribution in [-0.2, 0) is 0 Å². The molecule has 0 aromatic carbocycles. The van der Waals surface area contributed by atoms with Gasteiger partial charge in [0.2, 0.25) is 0 Å². The Bertz CT molecular complexity index is 350. The fourth-order valence-electron chi connectivity index (χ4n) is 2.77. The fourth-order valence-corrected chi connectivity index (χ4v) is 2.77. The van der Waals surface area contributed by atoms with Gasteiger partial charge in [-0.25, -0.2) is 0 Å². The van der Waals surface area contributed by atoms with Gasteiger partial charge in [-0.3, -0.25) is 0 Å². The molecule has 1 aliphatic carbocycles. The molecule has 96 valence electrons. The van der Waals surface area contributed by atoms with Crippen molar-refractivity contribution in [3.8, 4) is 0 Å². The largest absolute Gasteiger partial charge is 0.465 e. The summed E-state index contributed by atoms with van der Waals surface area (Å²) in [5, 5.41) is 3.63. The number of rotatable bonds is 4. The quantitative estimate of drug-likeness (QED) is 0.845. The molecule has 1 aromatic rings. The summed E-state index contributed by atoms with van der Waals surface area (Å²) in [7, 11) is 0. The minimum Gasteiger partial charge on any atom is -0.465 e. The number of furan rings is 1. The Hall–Kier alpha value is -0.760. The molecule has 0 aliphatic heterocycles. The summed E-state index contributed by atoms with van der Waals surface area (Å²) in [5.74, 6) is 2.06. The standard InChI is InChI=1S/C15H25NO/c1-12-7-8-14(17-12)13(2)16-11-15(3)9-5-4-6-10-15/h7-8,13,16H,4-6,9-11H2,1-3H3. The van der Waals surface area contributed by atoms with E-state index in [1.165, 1.54) is 32.1 Å². The number of hydrogen-bond donors (Lipinski definition) is 1. The van der Waals surface area contributed by atoms with Gasteiger partial charge in [0.05, 0.1) is 6.04 Å². The van der Waals surface area contributed by atoms with Crippen LogP contribution in [-0.4, -0.2) is 6.54 Å². The Morgan fingerprint density at radius 3 is 2.59 bits per heavy atom. The van der Waals surface area contributed by atoms with Crippen molar-refractivity contribution in [2.45, 2.75) is 58.9 Å². The maximum Gasteiger partial charge on any atom is 0.120 e. The topological polar surface area (TPSA) is 25.2 Å². The molecule has 0 bridgehead atoms. The van der Waals surface area contributed by atoms with Crippen LogP contribution in [0.1, 0.15) is 63.5 Å². The first kappa shape index (κ1) is 12.7. The van der Waals surface area contributed by atoms with Gasteiger partial charge in [-0.15, -0.1) is 0 Å². The lowest BCUT2D eigenvalue weighted by atomic mass is 9.75. The van der Waals surface area contributed by atoms with Crippen LogP contribution < -0.4 is 5.32 Å². The Balaban J connectivity index is 1.85. The maximum atomic E-state index is 5.66. The van der Waals surface area contributed by atoms with Crippen LogP contribution in [0.2, 0.25) is 0 Å². The third-order valence-electron chi connectivity index (χ3n) is 4.08. The summed E-state index contributed by atoms with van der Waals surface area (Å²) in [4.78, 5) is 0. The zero-order chi connectivity index (χ0) is 12.3. The second kappa shape index (κ2) is 5.26. The van der Waals surface area contributed by atoms with E-state index in [1.807, 2.05) is 13.0 Å². The molecular formula is C15H25NO. The smallest absolute Gasteiger partial charge is 0.120 e. The van der Waals surface area contributed by atoms with Crippen LogP contribution in [0.4, 0.5) is 0 Å². The van der Waals surface area contributed by atoms with E-state index in [1.54, 1.807) is 0 Å². The zero-order valence-corrected chi connectivity index (χ0v) is 11.4. The van der Waals surface area contributed by atoms with Gasteiger partial charge in [0.15, 0.2) is 0 Å². The molecule has 1 N–H and O–H groups in total. The fraction of sp³-hybridized carbons (Fsp3) is 0.733. The average Bonchev–Trinajstić information content (AvgIpc) is 2.74. The van der Waals surface area contributed by atoms with Gasteiger partial charge in [-0.2, -0.15) is 0 Å². The zero-order valence-electron chi connectivity index (χ0n) is 11.4. The van der Waals surface area contributed by atoms with Crippen molar-refractivity contribution in [2.75, 3.05) is 6.54 Å². The minimum atomic E-state index is 0.322. The van der Waals surface area contributed by atoms with Crippen LogP contribution in [0, 0.1) is 12.3 Å². The Morgan fingerprint density at radius 2 is 2.00 bits per heavy atom. The van der Waals surface area contributed by atoms with Crippen LogP contribution in [0.25, 0.3) is 0 Å². The van der Waals surface area contributed by atoms with Crippen LogP contribution in [0.5, 0.6) is 0 Å². The van der Waals surface area contributed by atoms with Gasteiger partial charge < -0.3 is 9.73 Å². The molecule has 1 saturated carbocycles. The highest BCUT2D eigenvalue weighted by Crippen LogP contribution is 2.35. The molecular weight excluding hydrogens is 210 g/mol. The lowest BCUT2D eigenvalue weighted by molar-refractivity contribution is 0.198. The second-order valence-corrected chi connectivity index (χ2v) is 5.92. The highest BCUT2D eigenvalue weighted by Gasteiger charge is 2.27. The first-order valence-corrected chi connectivity index (χ1v) is 6.89. The Labute approximate surface area is 105 Å². The molecule has 0 amide bonds. The van der Waals surface area contributed by atoms with E-state index in [9.17, 15) is 0 Å². The van der Waals surface area contributed by atoms with Crippen LogP contribution in [0.15, 0.2) is 16.5 Å². The van der Waals surface area contributed by atoms with Crippen molar-refractivity contribution >= 4 is 0 Å². The number of hydrogen-bond acceptors (Lipinski definition) is 2. The number of aryl methyl sites for hydroxylation is 1. The van der Waals surface area contributed by atoms with Gasteiger partial charge in [-0.1, -0.05) is 26.2 Å². The Morgan fingerprint density at radius 1 is 1.29 bits per heavy atom. The summed E-state index contributed by atoms with van der Waals surface area (Å²) in [6.07, 6.45) is 6.94. The lowest BCUT2D eigenvalue weighted by Crippen LogP contribution is -2.34. The summed E-state index contributed by atoms with van der Waals surface area (Å²) >= 11 is 0. The van der Waals surface area contributed by atoms with Crippen molar-refractivity contribution in [3.63, 3.8) is 0 Å². The van der Waals surface area contributed by atoms with Gasteiger partial charge >= 0.3 is 0 Å². The highest BCUT2D eigenvalue weighted by molar-refractivity contribution is 5.09. The molecule has 0 saturated heterocycles. The van der Waals surface area contributed by atoms with E-state index in [2.05, 4.69) is 25.2 Å². The van der Waals surface area contributed by atoms with E-state index in [-0.39, 0.29) is 0 Å². The molecule has 2 nitrogen and oxygen atoms in total. The maximum absolute atomic E-state index is 5.66. The van der Waals surface area contributed by atoms with Crippen LogP contribution >= 0.6 is 0 Å². The van der Waals surface area contributed by atoms with Gasteiger partial charge in [-0.05, 0) is 44.2 Å². The van der Waals surface area contributed by atoms with Crippen molar-refractivity contribution in [3.05, 3.63) is 23.7 Å². The molecule has 0 radical (unpaired) electrons. The van der Waals surface area contributed by atoms with Gasteiger partial charge in [0, 0.05) is 6.54 Å². The van der Waals surface area contributed by atoms with Crippen LogP contribution in [0.3, 0.4) is 0 Å². The molecule has 17 heavy (non-hydrogen) atoms. The molecule has 1 aliphatic rings. The summed E-state index contributed by atoms with van der Waals surface area (Å²) in [6, 6.07) is 4.44. The first-order valence-electron chi connectivity index (χ1n) is 6.89. The van der Waals surface area contributed by atoms with E-state index in [0.29, 0.717) is 11.5 Å².